The molecular formula is C24H16FN3O4S. The quantitative estimate of drug-likeness (QED) is 0.364. The Balaban J connectivity index is 1.51. The highest BCUT2D eigenvalue weighted by Gasteiger charge is 2.16. The molecular weight excluding hydrogens is 445 g/mol. The molecule has 1 amide bonds. The van der Waals surface area contributed by atoms with Gasteiger partial charge in [-0.2, -0.15) is 0 Å². The van der Waals surface area contributed by atoms with Crippen molar-refractivity contribution in [3.63, 3.8) is 0 Å². The number of hydrogen-bond acceptors (Lipinski definition) is 7. The molecule has 3 aromatic heterocycles. The number of anilines is 1. The first-order valence-corrected chi connectivity index (χ1v) is 10.8. The number of halogens is 1. The fourth-order valence-electron chi connectivity index (χ4n) is 3.58. The van der Waals surface area contributed by atoms with E-state index < -0.39 is 5.63 Å². The summed E-state index contributed by atoms with van der Waals surface area (Å²) in [6.45, 7) is 1.46. The first-order valence-electron chi connectivity index (χ1n) is 9.93. The molecule has 0 aliphatic carbocycles. The number of thiophene rings is 1. The number of nitrogens with one attached hydrogen (secondary N) is 1. The van der Waals surface area contributed by atoms with E-state index in [-0.39, 0.29) is 18.3 Å². The molecule has 0 atom stereocenters. The van der Waals surface area contributed by atoms with Gasteiger partial charge in [0.15, 0.2) is 0 Å². The zero-order valence-electron chi connectivity index (χ0n) is 17.3. The maximum atomic E-state index is 13.4. The lowest BCUT2D eigenvalue weighted by Gasteiger charge is -2.10. The highest BCUT2D eigenvalue weighted by Crippen LogP contribution is 2.38. The molecule has 0 bridgehead atoms. The van der Waals surface area contributed by atoms with Crippen molar-refractivity contribution >= 4 is 44.1 Å². The van der Waals surface area contributed by atoms with E-state index in [1.54, 1.807) is 30.3 Å². The molecule has 5 rings (SSSR count). The van der Waals surface area contributed by atoms with Gasteiger partial charge >= 0.3 is 5.63 Å². The number of ether oxygens (including phenoxy) is 1. The van der Waals surface area contributed by atoms with Crippen molar-refractivity contribution < 1.29 is 18.3 Å². The van der Waals surface area contributed by atoms with Gasteiger partial charge in [0.05, 0.1) is 5.39 Å². The van der Waals surface area contributed by atoms with Crippen LogP contribution in [0.15, 0.2) is 69.5 Å². The first-order chi connectivity index (χ1) is 16.0. The maximum absolute atomic E-state index is 13.4. The predicted octanol–water partition coefficient (Wildman–Crippen LogP) is 5.14. The summed E-state index contributed by atoms with van der Waals surface area (Å²) >= 11 is 1.44. The van der Waals surface area contributed by atoms with Crippen molar-refractivity contribution in [1.29, 1.82) is 0 Å². The summed E-state index contributed by atoms with van der Waals surface area (Å²) in [5.41, 5.74) is 2.60. The van der Waals surface area contributed by atoms with Crippen LogP contribution in [-0.2, 0) is 11.4 Å². The Morgan fingerprint density at radius 1 is 1.15 bits per heavy atom. The Morgan fingerprint density at radius 3 is 2.76 bits per heavy atom. The Hall–Kier alpha value is -4.11. The number of amides is 1. The summed E-state index contributed by atoms with van der Waals surface area (Å²) in [5, 5.41) is 5.99. The van der Waals surface area contributed by atoms with Crippen LogP contribution in [0.3, 0.4) is 0 Å². The summed E-state index contributed by atoms with van der Waals surface area (Å²) in [7, 11) is 0. The lowest BCUT2D eigenvalue weighted by molar-refractivity contribution is -0.114. The second kappa shape index (κ2) is 8.44. The van der Waals surface area contributed by atoms with E-state index in [0.29, 0.717) is 33.5 Å². The molecule has 0 fully saturated rings. The van der Waals surface area contributed by atoms with Gasteiger partial charge in [-0.25, -0.2) is 19.2 Å². The first kappa shape index (κ1) is 20.8. The standard InChI is InChI=1S/C24H16FN3O4S/c1-13(29)28-17-6-7-18-15(8-21(30)32-20(18)9-17)10-31-23-22-19(11-33-24(22)27-12-26-23)14-2-4-16(25)5-3-14/h2-9,11-12H,10H2,1H3,(H,28,29). The van der Waals surface area contributed by atoms with Crippen molar-refractivity contribution in [3.05, 3.63) is 82.0 Å². The van der Waals surface area contributed by atoms with Gasteiger partial charge in [0.2, 0.25) is 11.8 Å². The average Bonchev–Trinajstić information content (AvgIpc) is 3.22. The molecule has 164 valence electrons. The van der Waals surface area contributed by atoms with E-state index in [1.807, 2.05) is 5.38 Å². The number of fused-ring (bicyclic) bond motifs is 2. The Labute approximate surface area is 190 Å². The van der Waals surface area contributed by atoms with Crippen molar-refractivity contribution in [2.75, 3.05) is 5.32 Å². The van der Waals surface area contributed by atoms with Crippen LogP contribution in [0, 0.1) is 5.82 Å². The highest BCUT2D eigenvalue weighted by molar-refractivity contribution is 7.17. The van der Waals surface area contributed by atoms with Gasteiger partial charge in [0.25, 0.3) is 0 Å². The molecule has 0 unspecified atom stereocenters. The number of nitrogens with zero attached hydrogens (tertiary/aromatic N) is 2. The number of hydrogen-bond donors (Lipinski definition) is 1. The monoisotopic (exact) mass is 461 g/mol. The smallest absolute Gasteiger partial charge is 0.336 e. The van der Waals surface area contributed by atoms with Crippen LogP contribution >= 0.6 is 11.3 Å². The molecule has 0 saturated heterocycles. The Kier molecular flexibility index (Phi) is 5.31. The predicted molar refractivity (Wildman–Crippen MR) is 124 cm³/mol. The van der Waals surface area contributed by atoms with Gasteiger partial charge < -0.3 is 14.5 Å². The van der Waals surface area contributed by atoms with Gasteiger partial charge in [-0.05, 0) is 29.8 Å². The fourth-order valence-corrected chi connectivity index (χ4v) is 4.48. The molecule has 9 heteroatoms. The molecule has 5 aromatic rings. The highest BCUT2D eigenvalue weighted by atomic mass is 32.1. The molecule has 0 aliphatic heterocycles. The van der Waals surface area contributed by atoms with Crippen LogP contribution in [0.4, 0.5) is 10.1 Å². The van der Waals surface area contributed by atoms with Crippen molar-refractivity contribution in [2.24, 2.45) is 0 Å². The zero-order chi connectivity index (χ0) is 22.9. The van der Waals surface area contributed by atoms with Crippen molar-refractivity contribution in [1.82, 2.24) is 9.97 Å². The Morgan fingerprint density at radius 2 is 1.97 bits per heavy atom. The van der Waals surface area contributed by atoms with Gasteiger partial charge in [0, 0.05) is 46.6 Å². The molecule has 1 N–H and O–H groups in total. The van der Waals surface area contributed by atoms with Crippen LogP contribution in [0.25, 0.3) is 32.3 Å². The fraction of sp³-hybridized carbons (Fsp3) is 0.0833. The summed E-state index contributed by atoms with van der Waals surface area (Å²) in [6, 6.07) is 12.6. The molecule has 2 aromatic carbocycles. The van der Waals surface area contributed by atoms with Crippen LogP contribution in [0.1, 0.15) is 12.5 Å². The third-order valence-corrected chi connectivity index (χ3v) is 5.89. The number of benzene rings is 2. The summed E-state index contributed by atoms with van der Waals surface area (Å²) < 4.78 is 24.7. The van der Waals surface area contributed by atoms with Crippen LogP contribution < -0.4 is 15.7 Å². The third kappa shape index (κ3) is 4.18. The van der Waals surface area contributed by atoms with Gasteiger partial charge in [-0.15, -0.1) is 11.3 Å². The number of carbonyl (C=O) groups is 1. The second-order valence-corrected chi connectivity index (χ2v) is 8.14. The third-order valence-electron chi connectivity index (χ3n) is 5.01. The maximum Gasteiger partial charge on any atom is 0.336 e. The normalized spacial score (nSPS) is 11.1. The Bertz CT molecular complexity index is 1560. The minimum Gasteiger partial charge on any atom is -0.472 e. The van der Waals surface area contributed by atoms with Crippen LogP contribution in [0.2, 0.25) is 0 Å². The van der Waals surface area contributed by atoms with E-state index in [4.69, 9.17) is 9.15 Å². The minimum atomic E-state index is -0.531. The summed E-state index contributed by atoms with van der Waals surface area (Å²) in [5.74, 6) is -0.184. The number of aromatic nitrogens is 2. The zero-order valence-corrected chi connectivity index (χ0v) is 18.1. The topological polar surface area (TPSA) is 94.3 Å². The molecule has 0 saturated carbocycles. The lowest BCUT2D eigenvalue weighted by atomic mass is 10.1. The summed E-state index contributed by atoms with van der Waals surface area (Å²) in [4.78, 5) is 32.8. The van der Waals surface area contributed by atoms with E-state index in [9.17, 15) is 14.0 Å². The number of carbonyl (C=O) groups excluding carboxylic acids is 1. The lowest BCUT2D eigenvalue weighted by Crippen LogP contribution is -2.07. The van der Waals surface area contributed by atoms with Gasteiger partial charge in [-0.3, -0.25) is 4.79 Å². The van der Waals surface area contributed by atoms with Crippen LogP contribution in [0.5, 0.6) is 5.88 Å². The van der Waals surface area contributed by atoms with Crippen molar-refractivity contribution in [2.45, 2.75) is 13.5 Å². The van der Waals surface area contributed by atoms with E-state index >= 15 is 0 Å². The minimum absolute atomic E-state index is 0.0619. The molecule has 0 radical (unpaired) electrons. The van der Waals surface area contributed by atoms with Gasteiger partial charge in [-0.1, -0.05) is 12.1 Å². The molecule has 33 heavy (non-hydrogen) atoms. The average molecular weight is 461 g/mol. The molecule has 3 heterocycles. The second-order valence-electron chi connectivity index (χ2n) is 7.29. The molecule has 0 aliphatic rings. The summed E-state index contributed by atoms with van der Waals surface area (Å²) in [6.07, 6.45) is 1.42. The SMILES string of the molecule is CC(=O)Nc1ccc2c(COc3ncnc4scc(-c5ccc(F)cc5)c34)cc(=O)oc2c1. The van der Waals surface area contributed by atoms with Crippen LogP contribution in [-0.4, -0.2) is 15.9 Å². The molecule has 7 nitrogen and oxygen atoms in total. The largest absolute Gasteiger partial charge is 0.472 e. The number of rotatable bonds is 5. The van der Waals surface area contributed by atoms with Gasteiger partial charge in [0.1, 0.15) is 29.2 Å². The van der Waals surface area contributed by atoms with E-state index in [0.717, 1.165) is 16.0 Å². The van der Waals surface area contributed by atoms with E-state index in [1.165, 1.54) is 42.8 Å². The van der Waals surface area contributed by atoms with Crippen molar-refractivity contribution in [3.8, 4) is 17.0 Å². The molecule has 0 spiro atoms. The van der Waals surface area contributed by atoms with E-state index in [2.05, 4.69) is 15.3 Å².